The molecule has 0 unspecified atom stereocenters. The van der Waals surface area contributed by atoms with E-state index in [4.69, 9.17) is 0 Å². The van der Waals surface area contributed by atoms with E-state index in [2.05, 4.69) is 46.3 Å². The third kappa shape index (κ3) is 6.88. The number of carbonyl (C=O) groups excluding carboxylic acids is 1. The number of carbonyl (C=O) groups is 1. The van der Waals surface area contributed by atoms with Crippen LogP contribution in [0.25, 0.3) is 0 Å². The normalized spacial score (nSPS) is 15.4. The van der Waals surface area contributed by atoms with Crippen LogP contribution in [0.5, 0.6) is 0 Å². The number of nitrogens with zero attached hydrogens (tertiary/aromatic N) is 3. The average Bonchev–Trinajstić information content (AvgIpc) is 2.61. The molecular formula is C19H33N5O. The molecule has 2 N–H and O–H groups in total. The van der Waals surface area contributed by atoms with Crippen LogP contribution in [-0.4, -0.2) is 42.1 Å². The molecule has 1 saturated heterocycles. The van der Waals surface area contributed by atoms with Crippen molar-refractivity contribution in [1.29, 1.82) is 0 Å². The van der Waals surface area contributed by atoms with E-state index in [1.54, 1.807) is 6.33 Å². The molecule has 1 aromatic rings. The van der Waals surface area contributed by atoms with Crippen LogP contribution in [0.15, 0.2) is 12.4 Å². The summed E-state index contributed by atoms with van der Waals surface area (Å²) < 4.78 is 0. The Morgan fingerprint density at radius 3 is 2.76 bits per heavy atom. The van der Waals surface area contributed by atoms with E-state index in [-0.39, 0.29) is 5.91 Å². The largest absolute Gasteiger partial charge is 0.370 e. The highest BCUT2D eigenvalue weighted by molar-refractivity contribution is 5.75. The molecule has 0 atom stereocenters. The molecule has 1 amide bonds. The number of nitrogens with one attached hydrogen (secondary N) is 2. The van der Waals surface area contributed by atoms with Gasteiger partial charge in [0, 0.05) is 38.7 Å². The highest BCUT2D eigenvalue weighted by Gasteiger charge is 2.21. The zero-order chi connectivity index (χ0) is 18.1. The number of amides is 1. The Hall–Kier alpha value is -1.85. The van der Waals surface area contributed by atoms with Crippen LogP contribution < -0.4 is 15.5 Å². The van der Waals surface area contributed by atoms with E-state index in [1.165, 1.54) is 0 Å². The molecule has 2 heterocycles. The van der Waals surface area contributed by atoms with Crippen LogP contribution in [0.4, 0.5) is 11.6 Å². The molecule has 1 aromatic heterocycles. The van der Waals surface area contributed by atoms with Crippen molar-refractivity contribution < 1.29 is 4.79 Å². The van der Waals surface area contributed by atoms with E-state index >= 15 is 0 Å². The van der Waals surface area contributed by atoms with Gasteiger partial charge in [-0.2, -0.15) is 0 Å². The highest BCUT2D eigenvalue weighted by Crippen LogP contribution is 2.25. The van der Waals surface area contributed by atoms with Crippen LogP contribution in [0, 0.1) is 11.8 Å². The lowest BCUT2D eigenvalue weighted by Crippen LogP contribution is -2.35. The molecule has 0 radical (unpaired) electrons. The second-order valence-electron chi connectivity index (χ2n) is 7.29. The molecule has 1 aliphatic rings. The van der Waals surface area contributed by atoms with Crippen LogP contribution in [0.3, 0.4) is 0 Å². The van der Waals surface area contributed by atoms with Crippen molar-refractivity contribution in [3.63, 3.8) is 0 Å². The zero-order valence-corrected chi connectivity index (χ0v) is 15.9. The van der Waals surface area contributed by atoms with Gasteiger partial charge in [0.2, 0.25) is 5.91 Å². The van der Waals surface area contributed by atoms with E-state index < -0.39 is 0 Å². The number of piperidine rings is 1. The van der Waals surface area contributed by atoms with Crippen molar-refractivity contribution in [2.45, 2.75) is 52.9 Å². The second kappa shape index (κ2) is 10.2. The third-order valence-corrected chi connectivity index (χ3v) is 4.77. The lowest BCUT2D eigenvalue weighted by atomic mass is 9.92. The molecule has 0 spiro atoms. The van der Waals surface area contributed by atoms with Gasteiger partial charge in [0.25, 0.3) is 0 Å². The predicted octanol–water partition coefficient (Wildman–Crippen LogP) is 3.07. The number of hydrogen-bond acceptors (Lipinski definition) is 5. The Morgan fingerprint density at radius 1 is 1.32 bits per heavy atom. The van der Waals surface area contributed by atoms with Crippen LogP contribution >= 0.6 is 0 Å². The topological polar surface area (TPSA) is 70.2 Å². The molecule has 1 aliphatic heterocycles. The van der Waals surface area contributed by atoms with E-state index in [9.17, 15) is 4.79 Å². The quantitative estimate of drug-likeness (QED) is 0.718. The Morgan fingerprint density at radius 2 is 2.08 bits per heavy atom. The third-order valence-electron chi connectivity index (χ3n) is 4.77. The van der Waals surface area contributed by atoms with E-state index in [0.717, 1.165) is 63.5 Å². The first-order chi connectivity index (χ1) is 12.1. The summed E-state index contributed by atoms with van der Waals surface area (Å²) in [5.41, 5.74) is 0. The standard InChI is InChI=1S/C19H33N5O/c1-4-20-17-13-18(23-14-22-17)24-11-8-16(9-12-24)5-6-19(25)21-10-7-15(2)3/h13-16H,4-12H2,1-3H3,(H,21,25)(H,20,22,23). The summed E-state index contributed by atoms with van der Waals surface area (Å²) in [6, 6.07) is 2.02. The molecule has 25 heavy (non-hydrogen) atoms. The van der Waals surface area contributed by atoms with Crippen molar-refractivity contribution in [3.05, 3.63) is 12.4 Å². The Bertz CT molecular complexity index is 526. The molecular weight excluding hydrogens is 314 g/mol. The number of anilines is 2. The monoisotopic (exact) mass is 347 g/mol. The Balaban J connectivity index is 1.69. The Kier molecular flexibility index (Phi) is 7.95. The maximum absolute atomic E-state index is 11.9. The van der Waals surface area contributed by atoms with Gasteiger partial charge in [0.15, 0.2) is 0 Å². The molecule has 0 aliphatic carbocycles. The summed E-state index contributed by atoms with van der Waals surface area (Å²) in [6.07, 6.45) is 6.58. The summed E-state index contributed by atoms with van der Waals surface area (Å²) in [6.45, 7) is 10.1. The van der Waals surface area contributed by atoms with Gasteiger partial charge in [-0.25, -0.2) is 9.97 Å². The minimum atomic E-state index is 0.203. The van der Waals surface area contributed by atoms with Crippen molar-refractivity contribution in [2.75, 3.05) is 36.4 Å². The first kappa shape index (κ1) is 19.5. The highest BCUT2D eigenvalue weighted by atomic mass is 16.1. The minimum Gasteiger partial charge on any atom is -0.370 e. The SMILES string of the molecule is CCNc1cc(N2CCC(CCC(=O)NCCC(C)C)CC2)ncn1. The summed E-state index contributed by atoms with van der Waals surface area (Å²) in [5.74, 6) is 3.36. The number of hydrogen-bond donors (Lipinski definition) is 2. The molecule has 0 bridgehead atoms. The van der Waals surface area contributed by atoms with E-state index in [1.807, 2.05) is 6.07 Å². The van der Waals surface area contributed by atoms with Crippen LogP contribution in [0.2, 0.25) is 0 Å². The van der Waals surface area contributed by atoms with Crippen molar-refractivity contribution >= 4 is 17.5 Å². The van der Waals surface area contributed by atoms with Crippen molar-refractivity contribution in [3.8, 4) is 0 Å². The van der Waals surface area contributed by atoms with Crippen molar-refractivity contribution in [2.24, 2.45) is 11.8 Å². The minimum absolute atomic E-state index is 0.203. The predicted molar refractivity (Wildman–Crippen MR) is 103 cm³/mol. The summed E-state index contributed by atoms with van der Waals surface area (Å²) in [4.78, 5) is 22.9. The molecule has 6 nitrogen and oxygen atoms in total. The zero-order valence-electron chi connectivity index (χ0n) is 15.9. The molecule has 2 rings (SSSR count). The van der Waals surface area contributed by atoms with Gasteiger partial charge < -0.3 is 15.5 Å². The summed E-state index contributed by atoms with van der Waals surface area (Å²) in [5, 5.41) is 6.26. The summed E-state index contributed by atoms with van der Waals surface area (Å²) in [7, 11) is 0. The number of aromatic nitrogens is 2. The van der Waals surface area contributed by atoms with Crippen LogP contribution in [0.1, 0.15) is 52.9 Å². The maximum Gasteiger partial charge on any atom is 0.220 e. The van der Waals surface area contributed by atoms with E-state index in [0.29, 0.717) is 18.3 Å². The maximum atomic E-state index is 11.9. The van der Waals surface area contributed by atoms with Gasteiger partial charge in [0.1, 0.15) is 18.0 Å². The second-order valence-corrected chi connectivity index (χ2v) is 7.29. The Labute approximate surface area is 151 Å². The van der Waals surface area contributed by atoms with Gasteiger partial charge in [-0.1, -0.05) is 13.8 Å². The fourth-order valence-electron chi connectivity index (χ4n) is 3.17. The van der Waals surface area contributed by atoms with Crippen LogP contribution in [-0.2, 0) is 4.79 Å². The molecule has 0 saturated carbocycles. The lowest BCUT2D eigenvalue weighted by molar-refractivity contribution is -0.121. The molecule has 6 heteroatoms. The smallest absolute Gasteiger partial charge is 0.220 e. The first-order valence-electron chi connectivity index (χ1n) is 9.66. The molecule has 1 fully saturated rings. The lowest BCUT2D eigenvalue weighted by Gasteiger charge is -2.32. The number of rotatable bonds is 9. The first-order valence-corrected chi connectivity index (χ1v) is 9.66. The molecule has 0 aromatic carbocycles. The van der Waals surface area contributed by atoms with Gasteiger partial charge >= 0.3 is 0 Å². The fraction of sp³-hybridized carbons (Fsp3) is 0.737. The van der Waals surface area contributed by atoms with Gasteiger partial charge in [-0.15, -0.1) is 0 Å². The fourth-order valence-corrected chi connectivity index (χ4v) is 3.17. The average molecular weight is 348 g/mol. The van der Waals surface area contributed by atoms with Crippen molar-refractivity contribution in [1.82, 2.24) is 15.3 Å². The summed E-state index contributed by atoms with van der Waals surface area (Å²) >= 11 is 0. The van der Waals surface area contributed by atoms with Gasteiger partial charge in [0.05, 0.1) is 0 Å². The van der Waals surface area contributed by atoms with Gasteiger partial charge in [-0.05, 0) is 44.4 Å². The van der Waals surface area contributed by atoms with Gasteiger partial charge in [-0.3, -0.25) is 4.79 Å². The molecule has 140 valence electrons.